The average molecular weight is 700 g/mol. The Morgan fingerprint density at radius 2 is 1.82 bits per heavy atom. The van der Waals surface area contributed by atoms with Crippen LogP contribution in [0, 0.1) is 52.8 Å². The summed E-state index contributed by atoms with van der Waals surface area (Å²) in [5, 5.41) is 14.1. The van der Waals surface area contributed by atoms with Gasteiger partial charge in [0, 0.05) is 37.8 Å². The molecule has 2 saturated carbocycles. The Labute approximate surface area is 299 Å². The number of carbonyl (C=O) groups is 1. The highest BCUT2D eigenvalue weighted by molar-refractivity contribution is 7.90. The highest BCUT2D eigenvalue weighted by atomic mass is 32.2. The summed E-state index contributed by atoms with van der Waals surface area (Å²) in [6, 6.07) is 0. The van der Waals surface area contributed by atoms with Gasteiger partial charge in [-0.15, -0.1) is 0 Å². The third-order valence-electron chi connectivity index (χ3n) is 13.0. The van der Waals surface area contributed by atoms with Crippen LogP contribution in [0.25, 0.3) is 0 Å². The number of aliphatic hydroxyl groups excluding tert-OH is 1. The van der Waals surface area contributed by atoms with Crippen molar-refractivity contribution in [2.45, 2.75) is 143 Å². The number of nitrogens with zero attached hydrogens (tertiary/aromatic N) is 2. The smallest absolute Gasteiger partial charge is 0.254 e. The number of likely N-dealkylation sites (N-methyl/N-ethyl adjacent to an activating group) is 1. The number of nitrogens with one attached hydrogen (secondary N) is 1. The molecule has 2 fully saturated rings. The van der Waals surface area contributed by atoms with E-state index in [0.29, 0.717) is 37.0 Å². The van der Waals surface area contributed by atoms with Gasteiger partial charge in [0.05, 0.1) is 6.10 Å². The zero-order valence-electron chi connectivity index (χ0n) is 32.2. The number of aliphatic hydroxyl groups is 1. The molecule has 0 aromatic heterocycles. The number of hydrogen-bond donors (Lipinski definition) is 2. The fourth-order valence-electron chi connectivity index (χ4n) is 9.98. The topological polar surface area (TPSA) is 99.1 Å². The van der Waals surface area contributed by atoms with E-state index >= 15 is 0 Å². The minimum absolute atomic E-state index is 0.132. The molecule has 8 heteroatoms. The molecular formula is C41H69N3O4S. The summed E-state index contributed by atoms with van der Waals surface area (Å²) >= 11 is 0. The summed E-state index contributed by atoms with van der Waals surface area (Å²) in [5.41, 5.74) is 2.60. The summed E-state index contributed by atoms with van der Waals surface area (Å²) in [4.78, 5) is 18.4. The molecule has 0 heterocycles. The molecule has 0 spiro atoms. The second-order valence-electron chi connectivity index (χ2n) is 17.4. The lowest BCUT2D eigenvalue weighted by Crippen LogP contribution is -2.45. The summed E-state index contributed by atoms with van der Waals surface area (Å²) in [5.74, 6) is 3.29. The summed E-state index contributed by atoms with van der Waals surface area (Å²) in [6.07, 6.45) is 19.9. The highest BCUT2D eigenvalue weighted by Crippen LogP contribution is 2.49. The molecule has 7 nitrogen and oxygen atoms in total. The number of ketones is 1. The summed E-state index contributed by atoms with van der Waals surface area (Å²) in [6.45, 7) is 15.8. The van der Waals surface area contributed by atoms with E-state index in [0.717, 1.165) is 54.9 Å². The maximum Gasteiger partial charge on any atom is 0.254 e. The second kappa shape index (κ2) is 17.1. The van der Waals surface area contributed by atoms with E-state index in [9.17, 15) is 18.3 Å². The minimum atomic E-state index is -3.79. The molecule has 0 aromatic rings. The Balaban J connectivity index is 1.53. The number of hydrogen-bond acceptors (Lipinski definition) is 6. The van der Waals surface area contributed by atoms with Gasteiger partial charge in [0.25, 0.3) is 10.0 Å². The Hall–Kier alpha value is -1.93. The summed E-state index contributed by atoms with van der Waals surface area (Å²) < 4.78 is 27.9. The fraction of sp³-hybridized carbons (Fsp3) is 0.805. The van der Waals surface area contributed by atoms with Crippen LogP contribution >= 0.6 is 0 Å². The van der Waals surface area contributed by atoms with Crippen molar-refractivity contribution < 1.29 is 18.3 Å². The van der Waals surface area contributed by atoms with E-state index in [1.54, 1.807) is 6.21 Å². The number of rotatable bonds is 12. The molecule has 278 valence electrons. The average Bonchev–Trinajstić information content (AvgIpc) is 3.10. The van der Waals surface area contributed by atoms with E-state index in [4.69, 9.17) is 0 Å². The molecule has 0 amide bonds. The predicted molar refractivity (Wildman–Crippen MR) is 203 cm³/mol. The van der Waals surface area contributed by atoms with Crippen LogP contribution in [0.3, 0.4) is 0 Å². The maximum absolute atomic E-state index is 14.0. The highest BCUT2D eigenvalue weighted by Gasteiger charge is 2.47. The Kier molecular flexibility index (Phi) is 13.9. The monoisotopic (exact) mass is 700 g/mol. The van der Waals surface area contributed by atoms with E-state index in [-0.39, 0.29) is 35.9 Å². The maximum atomic E-state index is 14.0. The molecule has 4 rings (SSSR count). The lowest BCUT2D eigenvalue weighted by molar-refractivity contribution is -0.140. The first-order valence-electron chi connectivity index (χ1n) is 19.6. The molecule has 4 aliphatic rings. The van der Waals surface area contributed by atoms with Crippen LogP contribution in [0.5, 0.6) is 0 Å². The van der Waals surface area contributed by atoms with E-state index in [1.165, 1.54) is 25.7 Å². The molecule has 0 saturated heterocycles. The molecular weight excluding hydrogens is 631 g/mol. The first-order valence-corrected chi connectivity index (χ1v) is 21.1. The van der Waals surface area contributed by atoms with Gasteiger partial charge >= 0.3 is 0 Å². The van der Waals surface area contributed by atoms with Crippen molar-refractivity contribution >= 4 is 22.0 Å². The fourth-order valence-corrected chi connectivity index (χ4v) is 11.7. The van der Waals surface area contributed by atoms with Gasteiger partial charge in [-0.25, -0.2) is 13.2 Å². The lowest BCUT2D eigenvalue weighted by atomic mass is 9.59. The Bertz CT molecular complexity index is 1360. The van der Waals surface area contributed by atoms with Crippen LogP contribution in [0.2, 0.25) is 0 Å². The van der Waals surface area contributed by atoms with Crippen molar-refractivity contribution in [3.05, 3.63) is 35.1 Å². The SMILES string of the molecule is CC(C)CCC[C@@H](C)[C@H]1CCC[C@H](C/C=N/NS(=O)(=O)C2C3=C(C=CC2C)C(N(C)C)=CCC3C)[C@@H]([C@@]2(C)CC[C@H](O)CC2=O)CC[C@@H]1C. The number of allylic oxidation sites excluding steroid dienone is 3. The van der Waals surface area contributed by atoms with E-state index < -0.39 is 26.8 Å². The normalized spacial score (nSPS) is 35.4. The van der Waals surface area contributed by atoms with Gasteiger partial charge in [-0.2, -0.15) is 5.10 Å². The van der Waals surface area contributed by atoms with Gasteiger partial charge in [0.15, 0.2) is 0 Å². The molecule has 2 N–H and O–H groups in total. The van der Waals surface area contributed by atoms with Crippen molar-refractivity contribution in [3.8, 4) is 0 Å². The molecule has 0 aliphatic heterocycles. The van der Waals surface area contributed by atoms with Crippen molar-refractivity contribution in [1.82, 2.24) is 9.73 Å². The third kappa shape index (κ3) is 9.50. The number of Topliss-reactive ketones (excluding diaryl/α,β-unsaturated/α-hetero) is 1. The van der Waals surface area contributed by atoms with Gasteiger partial charge in [0.2, 0.25) is 0 Å². The number of hydrazone groups is 1. The van der Waals surface area contributed by atoms with Crippen LogP contribution < -0.4 is 4.83 Å². The molecule has 0 aromatic carbocycles. The Morgan fingerprint density at radius 1 is 1.08 bits per heavy atom. The van der Waals surface area contributed by atoms with Crippen molar-refractivity contribution in [3.63, 3.8) is 0 Å². The van der Waals surface area contributed by atoms with Crippen molar-refractivity contribution in [2.24, 2.45) is 57.9 Å². The van der Waals surface area contributed by atoms with Gasteiger partial charge in [-0.1, -0.05) is 98.8 Å². The van der Waals surface area contributed by atoms with Crippen LogP contribution in [-0.4, -0.2) is 55.9 Å². The summed E-state index contributed by atoms with van der Waals surface area (Å²) in [7, 11) is 0.226. The van der Waals surface area contributed by atoms with E-state index in [1.807, 2.05) is 27.1 Å². The van der Waals surface area contributed by atoms with Gasteiger partial charge in [-0.05, 0) is 103 Å². The first kappa shape index (κ1) is 39.8. The molecule has 49 heavy (non-hydrogen) atoms. The quantitative estimate of drug-likeness (QED) is 0.157. The minimum Gasteiger partial charge on any atom is -0.393 e. The standard InChI is InChI=1S/C41H69N3O4S/c1-27(2)12-10-13-28(3)34-15-11-14-32(36(20-17-29(34)4)41(7)24-22-33(45)26-38(41)46)23-25-42-43-49(47,48)40-31(6)16-19-35-37(44(8)9)21-18-30(5)39(35)40/h16,19,21,25,27-34,36,40,43,45H,10-15,17-18,20,22-24,26H2,1-9H3/b42-25+/t28-,29+,30?,31?,32-,33+,34-,36+,40?,41-/m1/s1. The van der Waals surface area contributed by atoms with Crippen LogP contribution in [0.1, 0.15) is 132 Å². The third-order valence-corrected chi connectivity index (χ3v) is 14.7. The predicted octanol–water partition coefficient (Wildman–Crippen LogP) is 8.67. The van der Waals surface area contributed by atoms with Crippen LogP contribution in [0.15, 0.2) is 40.2 Å². The van der Waals surface area contributed by atoms with Crippen molar-refractivity contribution in [2.75, 3.05) is 14.1 Å². The Morgan fingerprint density at radius 3 is 2.49 bits per heavy atom. The van der Waals surface area contributed by atoms with E-state index in [2.05, 4.69) is 68.5 Å². The zero-order chi connectivity index (χ0) is 36.1. The molecule has 0 bridgehead atoms. The van der Waals surface area contributed by atoms with Crippen molar-refractivity contribution in [1.29, 1.82) is 0 Å². The first-order chi connectivity index (χ1) is 23.1. The van der Waals surface area contributed by atoms with Crippen LogP contribution in [0.4, 0.5) is 0 Å². The largest absolute Gasteiger partial charge is 0.393 e. The lowest BCUT2D eigenvalue weighted by Gasteiger charge is -2.44. The molecule has 10 atom stereocenters. The molecule has 0 radical (unpaired) electrons. The van der Waals surface area contributed by atoms with Crippen LogP contribution in [-0.2, 0) is 14.8 Å². The van der Waals surface area contributed by atoms with Gasteiger partial charge in [0.1, 0.15) is 11.0 Å². The van der Waals surface area contributed by atoms with Gasteiger partial charge < -0.3 is 10.0 Å². The van der Waals surface area contributed by atoms with Gasteiger partial charge in [-0.3, -0.25) is 4.79 Å². The zero-order valence-corrected chi connectivity index (χ0v) is 33.1. The number of sulfonamides is 1. The molecule has 3 unspecified atom stereocenters. The number of carbonyl (C=O) groups excluding carboxylic acids is 1. The molecule has 4 aliphatic carbocycles. The second-order valence-corrected chi connectivity index (χ2v) is 19.1.